The zero-order valence-electron chi connectivity index (χ0n) is 11.8. The summed E-state index contributed by atoms with van der Waals surface area (Å²) >= 11 is 1.24. The number of rotatable bonds is 8. The zero-order valence-corrected chi connectivity index (χ0v) is 14.0. The first-order valence-electron chi connectivity index (χ1n) is 6.33. The second-order valence-corrected chi connectivity index (χ2v) is 6.62. The highest BCUT2D eigenvalue weighted by molar-refractivity contribution is 14.1. The van der Waals surface area contributed by atoms with Crippen LogP contribution in [0.1, 0.15) is 32.6 Å². The van der Waals surface area contributed by atoms with Gasteiger partial charge in [-0.3, -0.25) is 4.74 Å². The Kier molecular flexibility index (Phi) is 7.63. The predicted molar refractivity (Wildman–Crippen MR) is 68.9 cm³/mol. The minimum Gasteiger partial charge on any atom is -0.269 e. The molecule has 0 aromatic carbocycles. The van der Waals surface area contributed by atoms with Crippen molar-refractivity contribution in [3.63, 3.8) is 0 Å². The second kappa shape index (κ2) is 7.66. The fourth-order valence-corrected chi connectivity index (χ4v) is 2.47. The number of hydrogen-bond donors (Lipinski definition) is 0. The molecule has 0 aromatic heterocycles. The average Bonchev–Trinajstić information content (AvgIpc) is 2.32. The van der Waals surface area contributed by atoms with Crippen LogP contribution in [0.25, 0.3) is 0 Å². The molecule has 0 radical (unpaired) electrons. The number of alkyl halides is 12. The second-order valence-electron chi connectivity index (χ2n) is 4.86. The number of unbranched alkanes of at least 4 members (excludes halogenated alkanes) is 1. The normalized spacial score (nSPS) is 18.4. The van der Waals surface area contributed by atoms with Crippen LogP contribution in [0.3, 0.4) is 0 Å². The van der Waals surface area contributed by atoms with Crippen molar-refractivity contribution in [3.05, 3.63) is 0 Å². The van der Waals surface area contributed by atoms with Gasteiger partial charge in [0.2, 0.25) is 0 Å². The first-order chi connectivity index (χ1) is 10.4. The van der Waals surface area contributed by atoms with E-state index in [2.05, 4.69) is 4.74 Å². The van der Waals surface area contributed by atoms with Gasteiger partial charge in [-0.25, -0.2) is 4.39 Å². The molecule has 0 rings (SSSR count). The summed E-state index contributed by atoms with van der Waals surface area (Å²) in [5, 5.41) is 0. The standard InChI is InChI=1S/C11H12F11IO/c1-2-3-4-6(23)5-7(12,9(15,16)17)24-11(21,22)8(13,14)10(18,19)20/h6H,2-5H2,1H3/t6-,7-/m0/s1. The lowest BCUT2D eigenvalue weighted by Gasteiger charge is -2.35. The van der Waals surface area contributed by atoms with Crippen molar-refractivity contribution in [3.8, 4) is 0 Å². The third kappa shape index (κ3) is 5.46. The Bertz CT molecular complexity index is 406. The Hall–Kier alpha value is -0.0800. The van der Waals surface area contributed by atoms with E-state index in [1.165, 1.54) is 22.6 Å². The molecule has 0 amide bonds. The van der Waals surface area contributed by atoms with E-state index in [9.17, 15) is 48.3 Å². The number of ether oxygens (including phenoxy) is 1. The van der Waals surface area contributed by atoms with E-state index < -0.39 is 40.6 Å². The molecule has 2 atom stereocenters. The largest absolute Gasteiger partial charge is 0.462 e. The monoisotopic (exact) mass is 496 g/mol. The van der Waals surface area contributed by atoms with E-state index in [4.69, 9.17) is 0 Å². The van der Waals surface area contributed by atoms with Crippen molar-refractivity contribution in [2.24, 2.45) is 0 Å². The maximum atomic E-state index is 13.9. The minimum absolute atomic E-state index is 0.108. The molecule has 0 saturated carbocycles. The van der Waals surface area contributed by atoms with Crippen molar-refractivity contribution in [1.29, 1.82) is 0 Å². The van der Waals surface area contributed by atoms with E-state index >= 15 is 0 Å². The first-order valence-corrected chi connectivity index (χ1v) is 7.58. The summed E-state index contributed by atoms with van der Waals surface area (Å²) in [6.07, 6.45) is -21.2. The summed E-state index contributed by atoms with van der Waals surface area (Å²) in [6, 6.07) is 0. The van der Waals surface area contributed by atoms with Crippen LogP contribution in [0, 0.1) is 0 Å². The lowest BCUT2D eigenvalue weighted by atomic mass is 10.1. The van der Waals surface area contributed by atoms with Gasteiger partial charge in [-0.1, -0.05) is 42.4 Å². The lowest BCUT2D eigenvalue weighted by Crippen LogP contribution is -2.59. The molecule has 0 aliphatic rings. The van der Waals surface area contributed by atoms with E-state index in [0.29, 0.717) is 6.42 Å². The zero-order chi connectivity index (χ0) is 19.6. The van der Waals surface area contributed by atoms with Gasteiger partial charge in [0.1, 0.15) is 0 Å². The minimum atomic E-state index is -7.01. The molecule has 0 heterocycles. The quantitative estimate of drug-likeness (QED) is 0.215. The summed E-state index contributed by atoms with van der Waals surface area (Å²) in [5.41, 5.74) is 0. The van der Waals surface area contributed by atoms with Crippen molar-refractivity contribution in [2.45, 2.75) is 66.8 Å². The van der Waals surface area contributed by atoms with Crippen molar-refractivity contribution in [1.82, 2.24) is 0 Å². The first kappa shape index (κ1) is 23.9. The molecule has 0 aliphatic heterocycles. The molecule has 0 saturated heterocycles. The number of hydrogen-bond acceptors (Lipinski definition) is 1. The Balaban J connectivity index is 5.57. The van der Waals surface area contributed by atoms with E-state index in [1.54, 1.807) is 6.92 Å². The molecule has 24 heavy (non-hydrogen) atoms. The summed E-state index contributed by atoms with van der Waals surface area (Å²) < 4.78 is 140. The molecule has 13 heteroatoms. The Labute approximate surface area is 143 Å². The smallest absolute Gasteiger partial charge is 0.269 e. The molecule has 0 spiro atoms. The van der Waals surface area contributed by atoms with Crippen molar-refractivity contribution >= 4 is 22.6 Å². The molecule has 0 bridgehead atoms. The Morgan fingerprint density at radius 3 is 1.62 bits per heavy atom. The molecular formula is C11H12F11IO. The van der Waals surface area contributed by atoms with Crippen molar-refractivity contribution < 1.29 is 53.0 Å². The molecule has 0 N–H and O–H groups in total. The SMILES string of the molecule is CCCC[C@H](I)C[C@](F)(OC(F)(F)C(F)(F)C(F)(F)F)C(F)(F)F. The van der Waals surface area contributed by atoms with Crippen molar-refractivity contribution in [2.75, 3.05) is 0 Å². The molecule has 146 valence electrons. The van der Waals surface area contributed by atoms with Crippen LogP contribution < -0.4 is 0 Å². The summed E-state index contributed by atoms with van der Waals surface area (Å²) in [5.74, 6) is -12.4. The van der Waals surface area contributed by atoms with Gasteiger partial charge >= 0.3 is 30.2 Å². The Morgan fingerprint density at radius 1 is 0.833 bits per heavy atom. The fourth-order valence-electron chi connectivity index (χ4n) is 1.46. The van der Waals surface area contributed by atoms with Gasteiger partial charge in [0.15, 0.2) is 0 Å². The van der Waals surface area contributed by atoms with Crippen LogP contribution in [0.2, 0.25) is 0 Å². The van der Waals surface area contributed by atoms with Crippen LogP contribution in [0.4, 0.5) is 48.3 Å². The van der Waals surface area contributed by atoms with Gasteiger partial charge in [-0.2, -0.15) is 43.9 Å². The Morgan fingerprint density at radius 2 is 1.29 bits per heavy atom. The molecule has 0 aromatic rings. The maximum Gasteiger partial charge on any atom is 0.462 e. The summed E-state index contributed by atoms with van der Waals surface area (Å²) in [4.78, 5) is 0. The van der Waals surface area contributed by atoms with Crippen LogP contribution in [-0.4, -0.2) is 34.2 Å². The van der Waals surface area contributed by atoms with Gasteiger partial charge in [0.05, 0.1) is 0 Å². The molecule has 1 nitrogen and oxygen atoms in total. The molecule has 0 fully saturated rings. The lowest BCUT2D eigenvalue weighted by molar-refractivity contribution is -0.483. The van der Waals surface area contributed by atoms with E-state index in [-0.39, 0.29) is 12.8 Å². The van der Waals surface area contributed by atoms with Crippen LogP contribution >= 0.6 is 22.6 Å². The maximum absolute atomic E-state index is 13.9. The predicted octanol–water partition coefficient (Wildman–Crippen LogP) is 6.41. The van der Waals surface area contributed by atoms with Crippen LogP contribution in [0.15, 0.2) is 0 Å². The third-order valence-corrected chi connectivity index (χ3v) is 3.85. The number of halogens is 12. The van der Waals surface area contributed by atoms with E-state index in [1.807, 2.05) is 0 Å². The average molecular weight is 496 g/mol. The van der Waals surface area contributed by atoms with Gasteiger partial charge in [0, 0.05) is 10.3 Å². The topological polar surface area (TPSA) is 9.23 Å². The highest BCUT2D eigenvalue weighted by atomic mass is 127. The third-order valence-electron chi connectivity index (χ3n) is 2.79. The van der Waals surface area contributed by atoms with Crippen LogP contribution in [0.5, 0.6) is 0 Å². The van der Waals surface area contributed by atoms with Gasteiger partial charge in [0.25, 0.3) is 0 Å². The van der Waals surface area contributed by atoms with Crippen LogP contribution in [-0.2, 0) is 4.74 Å². The van der Waals surface area contributed by atoms with Gasteiger partial charge in [-0.05, 0) is 6.42 Å². The summed E-state index contributed by atoms with van der Waals surface area (Å²) in [6.45, 7) is 1.62. The summed E-state index contributed by atoms with van der Waals surface area (Å²) in [7, 11) is 0. The van der Waals surface area contributed by atoms with E-state index in [0.717, 1.165) is 0 Å². The fraction of sp³-hybridized carbons (Fsp3) is 1.00. The van der Waals surface area contributed by atoms with Gasteiger partial charge in [-0.15, -0.1) is 0 Å². The highest BCUT2D eigenvalue weighted by Gasteiger charge is 2.78. The molecule has 0 aliphatic carbocycles. The molecular weight excluding hydrogens is 484 g/mol. The highest BCUT2D eigenvalue weighted by Crippen LogP contribution is 2.52. The molecule has 0 unspecified atom stereocenters. The van der Waals surface area contributed by atoms with Gasteiger partial charge < -0.3 is 0 Å².